The van der Waals surface area contributed by atoms with Gasteiger partial charge >= 0.3 is 0 Å². The van der Waals surface area contributed by atoms with Crippen LogP contribution in [0.25, 0.3) is 0 Å². The first-order valence-electron chi connectivity index (χ1n) is 6.07. The molecule has 0 unspecified atom stereocenters. The number of sulfonamides is 1. The van der Waals surface area contributed by atoms with Gasteiger partial charge in [0, 0.05) is 11.9 Å². The minimum Gasteiger partial charge on any atom is -0.388 e. The zero-order valence-electron chi connectivity index (χ0n) is 11.3. The SMILES string of the molecule is Cc1cccc(CNS(=O)(=O)c2cccnc2C(N)=S)n1. The summed E-state index contributed by atoms with van der Waals surface area (Å²) in [6, 6.07) is 8.32. The van der Waals surface area contributed by atoms with Crippen molar-refractivity contribution in [2.75, 3.05) is 0 Å². The second-order valence-electron chi connectivity index (χ2n) is 4.31. The topological polar surface area (TPSA) is 98.0 Å². The number of rotatable bonds is 5. The van der Waals surface area contributed by atoms with Crippen LogP contribution in [-0.4, -0.2) is 23.4 Å². The summed E-state index contributed by atoms with van der Waals surface area (Å²) in [7, 11) is -3.77. The highest BCUT2D eigenvalue weighted by Crippen LogP contribution is 2.13. The van der Waals surface area contributed by atoms with Gasteiger partial charge in [0.2, 0.25) is 10.0 Å². The third-order valence-electron chi connectivity index (χ3n) is 2.68. The Kier molecular flexibility index (Phi) is 4.61. The summed E-state index contributed by atoms with van der Waals surface area (Å²) < 4.78 is 27.1. The van der Waals surface area contributed by atoms with Crippen molar-refractivity contribution >= 4 is 27.2 Å². The summed E-state index contributed by atoms with van der Waals surface area (Å²) >= 11 is 4.82. The van der Waals surface area contributed by atoms with E-state index in [0.717, 1.165) is 5.69 Å². The molecule has 6 nitrogen and oxygen atoms in total. The quantitative estimate of drug-likeness (QED) is 0.794. The fourth-order valence-corrected chi connectivity index (χ4v) is 3.13. The first kappa shape index (κ1) is 15.5. The normalized spacial score (nSPS) is 11.3. The molecule has 0 radical (unpaired) electrons. The van der Waals surface area contributed by atoms with Crippen molar-refractivity contribution < 1.29 is 8.42 Å². The molecular formula is C13H14N4O2S2. The molecule has 0 atom stereocenters. The van der Waals surface area contributed by atoms with Crippen LogP contribution in [0.2, 0.25) is 0 Å². The van der Waals surface area contributed by atoms with Crippen LogP contribution >= 0.6 is 12.2 Å². The van der Waals surface area contributed by atoms with Crippen molar-refractivity contribution in [1.29, 1.82) is 0 Å². The lowest BCUT2D eigenvalue weighted by Gasteiger charge is -2.09. The number of aromatic nitrogens is 2. The average Bonchev–Trinajstić information content (AvgIpc) is 2.45. The smallest absolute Gasteiger partial charge is 0.243 e. The Hall–Kier alpha value is -1.90. The Morgan fingerprint density at radius 3 is 2.76 bits per heavy atom. The maximum absolute atomic E-state index is 12.3. The molecule has 0 fully saturated rings. The Morgan fingerprint density at radius 1 is 1.33 bits per heavy atom. The van der Waals surface area contributed by atoms with Crippen molar-refractivity contribution in [2.24, 2.45) is 5.73 Å². The van der Waals surface area contributed by atoms with Gasteiger partial charge in [-0.05, 0) is 31.2 Å². The molecule has 0 bridgehead atoms. The molecule has 0 saturated carbocycles. The first-order valence-corrected chi connectivity index (χ1v) is 7.96. The third kappa shape index (κ3) is 3.81. The van der Waals surface area contributed by atoms with E-state index >= 15 is 0 Å². The van der Waals surface area contributed by atoms with Crippen LogP contribution in [0.4, 0.5) is 0 Å². The molecule has 8 heteroatoms. The summed E-state index contributed by atoms with van der Waals surface area (Å²) in [6.07, 6.45) is 1.44. The molecule has 0 saturated heterocycles. The fraction of sp³-hybridized carbons (Fsp3) is 0.154. The van der Waals surface area contributed by atoms with Crippen LogP contribution < -0.4 is 10.5 Å². The fourth-order valence-electron chi connectivity index (χ4n) is 1.74. The largest absolute Gasteiger partial charge is 0.388 e. The summed E-state index contributed by atoms with van der Waals surface area (Å²) in [6.45, 7) is 1.92. The van der Waals surface area contributed by atoms with Gasteiger partial charge in [-0.15, -0.1) is 0 Å². The average molecular weight is 322 g/mol. The van der Waals surface area contributed by atoms with Crippen molar-refractivity contribution in [2.45, 2.75) is 18.4 Å². The molecule has 0 aliphatic carbocycles. The monoisotopic (exact) mass is 322 g/mol. The van der Waals surface area contributed by atoms with E-state index in [0.29, 0.717) is 5.69 Å². The molecule has 2 aromatic rings. The molecule has 110 valence electrons. The van der Waals surface area contributed by atoms with Crippen LogP contribution in [0, 0.1) is 6.92 Å². The Morgan fingerprint density at radius 2 is 2.10 bits per heavy atom. The predicted octanol–water partition coefficient (Wildman–Crippen LogP) is 0.898. The Balaban J connectivity index is 2.25. The molecule has 3 N–H and O–H groups in total. The van der Waals surface area contributed by atoms with E-state index < -0.39 is 10.0 Å². The lowest BCUT2D eigenvalue weighted by atomic mass is 10.3. The highest BCUT2D eigenvalue weighted by Gasteiger charge is 2.20. The van der Waals surface area contributed by atoms with Crippen molar-refractivity contribution in [3.05, 3.63) is 53.6 Å². The molecule has 0 aliphatic heterocycles. The van der Waals surface area contributed by atoms with Crippen LogP contribution in [0.15, 0.2) is 41.4 Å². The summed E-state index contributed by atoms with van der Waals surface area (Å²) in [5, 5.41) is 0. The summed E-state index contributed by atoms with van der Waals surface area (Å²) in [5.41, 5.74) is 7.02. The zero-order chi connectivity index (χ0) is 15.5. The highest BCUT2D eigenvalue weighted by atomic mass is 32.2. The molecule has 2 aromatic heterocycles. The minimum absolute atomic E-state index is 0.0369. The van der Waals surface area contributed by atoms with E-state index in [9.17, 15) is 8.42 Å². The standard InChI is InChI=1S/C13H14N4O2S2/c1-9-4-2-5-10(17-9)8-16-21(18,19)11-6-3-7-15-12(11)13(14)20/h2-7,16H,8H2,1H3,(H2,14,20). The number of hydrogen-bond acceptors (Lipinski definition) is 5. The van der Waals surface area contributed by atoms with E-state index in [1.54, 1.807) is 6.07 Å². The van der Waals surface area contributed by atoms with E-state index in [1.807, 2.05) is 19.1 Å². The van der Waals surface area contributed by atoms with Crippen LogP contribution in [0.5, 0.6) is 0 Å². The molecule has 0 spiro atoms. The molecule has 2 heterocycles. The lowest BCUT2D eigenvalue weighted by molar-refractivity contribution is 0.579. The third-order valence-corrected chi connectivity index (χ3v) is 4.31. The number of nitrogens with one attached hydrogen (secondary N) is 1. The van der Waals surface area contributed by atoms with Gasteiger partial charge in [0.05, 0.1) is 12.2 Å². The number of thiocarbonyl (C=S) groups is 1. The van der Waals surface area contributed by atoms with Gasteiger partial charge in [-0.25, -0.2) is 13.1 Å². The number of pyridine rings is 2. The summed E-state index contributed by atoms with van der Waals surface area (Å²) in [5.74, 6) is 0. The lowest BCUT2D eigenvalue weighted by Crippen LogP contribution is -2.27. The van der Waals surface area contributed by atoms with Crippen LogP contribution in [-0.2, 0) is 16.6 Å². The van der Waals surface area contributed by atoms with Crippen LogP contribution in [0.1, 0.15) is 17.1 Å². The van der Waals surface area contributed by atoms with Crippen molar-refractivity contribution in [3.63, 3.8) is 0 Å². The van der Waals surface area contributed by atoms with Gasteiger partial charge in [-0.3, -0.25) is 9.97 Å². The van der Waals surface area contributed by atoms with Gasteiger partial charge in [-0.2, -0.15) is 0 Å². The number of nitrogens with zero attached hydrogens (tertiary/aromatic N) is 2. The molecule has 0 aromatic carbocycles. The Labute approximate surface area is 128 Å². The predicted molar refractivity (Wildman–Crippen MR) is 83.1 cm³/mol. The summed E-state index contributed by atoms with van der Waals surface area (Å²) in [4.78, 5) is 8.04. The Bertz CT molecular complexity index is 775. The molecule has 2 rings (SSSR count). The second kappa shape index (κ2) is 6.25. The second-order valence-corrected chi connectivity index (χ2v) is 6.48. The molecule has 21 heavy (non-hydrogen) atoms. The van der Waals surface area contributed by atoms with Gasteiger partial charge in [0.25, 0.3) is 0 Å². The van der Waals surface area contributed by atoms with Gasteiger partial charge in [-0.1, -0.05) is 18.3 Å². The molecule has 0 aliphatic rings. The molecule has 0 amide bonds. The number of hydrogen-bond donors (Lipinski definition) is 2. The molecular weight excluding hydrogens is 308 g/mol. The van der Waals surface area contributed by atoms with Crippen molar-refractivity contribution in [1.82, 2.24) is 14.7 Å². The van der Waals surface area contributed by atoms with Gasteiger partial charge < -0.3 is 5.73 Å². The van der Waals surface area contributed by atoms with Gasteiger partial charge in [0.15, 0.2) is 0 Å². The van der Waals surface area contributed by atoms with Crippen molar-refractivity contribution in [3.8, 4) is 0 Å². The van der Waals surface area contributed by atoms with E-state index in [1.165, 1.54) is 18.3 Å². The number of aryl methyl sites for hydroxylation is 1. The van der Waals surface area contributed by atoms with E-state index in [2.05, 4.69) is 14.7 Å². The van der Waals surface area contributed by atoms with E-state index in [-0.39, 0.29) is 22.1 Å². The maximum atomic E-state index is 12.3. The van der Waals surface area contributed by atoms with Gasteiger partial charge in [0.1, 0.15) is 15.6 Å². The minimum atomic E-state index is -3.77. The highest BCUT2D eigenvalue weighted by molar-refractivity contribution is 7.89. The number of nitrogens with two attached hydrogens (primary N) is 1. The zero-order valence-corrected chi connectivity index (χ0v) is 12.9. The van der Waals surface area contributed by atoms with Crippen LogP contribution in [0.3, 0.4) is 0 Å². The maximum Gasteiger partial charge on any atom is 0.243 e. The first-order chi connectivity index (χ1) is 9.90. The van der Waals surface area contributed by atoms with E-state index in [4.69, 9.17) is 18.0 Å².